The van der Waals surface area contributed by atoms with Crippen LogP contribution >= 0.6 is 11.6 Å². The first-order valence-electron chi connectivity index (χ1n) is 5.26. The van der Waals surface area contributed by atoms with E-state index in [-0.39, 0.29) is 17.1 Å². The summed E-state index contributed by atoms with van der Waals surface area (Å²) in [4.78, 5) is 0. The van der Waals surface area contributed by atoms with Crippen LogP contribution in [0, 0.1) is 12.7 Å². The fraction of sp³-hybridized carbons (Fsp3) is 0.250. The lowest BCUT2D eigenvalue weighted by molar-refractivity contribution is 0.392. The van der Waals surface area contributed by atoms with Crippen LogP contribution in [0.2, 0.25) is 5.02 Å². The quantitative estimate of drug-likeness (QED) is 0.867. The third-order valence-corrected chi connectivity index (χ3v) is 3.94. The van der Waals surface area contributed by atoms with Gasteiger partial charge in [-0.25, -0.2) is 4.39 Å². The van der Waals surface area contributed by atoms with Crippen molar-refractivity contribution in [1.29, 1.82) is 0 Å². The Hall–Kier alpha value is -1.20. The smallest absolute Gasteiger partial charge is 0.133 e. The van der Waals surface area contributed by atoms with Crippen LogP contribution in [0.15, 0.2) is 28.8 Å². The maximum absolute atomic E-state index is 13.5. The summed E-state index contributed by atoms with van der Waals surface area (Å²) in [6, 6.07) is 6.11. The van der Waals surface area contributed by atoms with E-state index < -0.39 is 16.6 Å². The van der Waals surface area contributed by atoms with Gasteiger partial charge in [0.05, 0.1) is 17.2 Å². The molecule has 2 rings (SSSR count). The van der Waals surface area contributed by atoms with Gasteiger partial charge in [-0.05, 0) is 19.1 Å². The van der Waals surface area contributed by atoms with Crippen LogP contribution in [-0.4, -0.2) is 9.37 Å². The highest BCUT2D eigenvalue weighted by molar-refractivity contribution is 7.83. The lowest BCUT2D eigenvalue weighted by atomic mass is 10.2. The van der Waals surface area contributed by atoms with Crippen molar-refractivity contribution < 1.29 is 13.1 Å². The average molecular weight is 288 g/mol. The van der Waals surface area contributed by atoms with E-state index in [0.29, 0.717) is 16.5 Å². The van der Waals surface area contributed by atoms with E-state index >= 15 is 0 Å². The summed E-state index contributed by atoms with van der Waals surface area (Å²) in [7, 11) is -1.28. The Labute approximate surface area is 111 Å². The molecule has 0 aliphatic rings. The normalized spacial score (nSPS) is 12.6. The third kappa shape index (κ3) is 3.17. The van der Waals surface area contributed by atoms with Crippen LogP contribution in [0.5, 0.6) is 0 Å². The van der Waals surface area contributed by atoms with E-state index in [0.717, 1.165) is 0 Å². The largest absolute Gasteiger partial charge is 0.361 e. The third-order valence-electron chi connectivity index (χ3n) is 2.35. The summed E-state index contributed by atoms with van der Waals surface area (Å²) >= 11 is 5.87. The number of nitrogens with zero attached hydrogens (tertiary/aromatic N) is 1. The summed E-state index contributed by atoms with van der Waals surface area (Å²) < 4.78 is 30.3. The predicted molar refractivity (Wildman–Crippen MR) is 68.2 cm³/mol. The first-order chi connectivity index (χ1) is 8.56. The number of halogens is 2. The molecule has 0 saturated carbocycles. The molecule has 1 atom stereocenters. The minimum absolute atomic E-state index is 0.0669. The van der Waals surface area contributed by atoms with Gasteiger partial charge in [-0.3, -0.25) is 4.21 Å². The molecule has 0 aliphatic carbocycles. The summed E-state index contributed by atoms with van der Waals surface area (Å²) in [6.45, 7) is 1.76. The second-order valence-corrected chi connectivity index (χ2v) is 5.72. The first-order valence-corrected chi connectivity index (χ1v) is 7.13. The van der Waals surface area contributed by atoms with E-state index in [9.17, 15) is 8.60 Å². The van der Waals surface area contributed by atoms with Crippen molar-refractivity contribution in [2.45, 2.75) is 18.4 Å². The Morgan fingerprint density at radius 1 is 1.44 bits per heavy atom. The van der Waals surface area contributed by atoms with Crippen molar-refractivity contribution in [3.8, 4) is 0 Å². The van der Waals surface area contributed by atoms with Crippen molar-refractivity contribution in [1.82, 2.24) is 5.16 Å². The van der Waals surface area contributed by atoms with Crippen LogP contribution in [-0.2, 0) is 22.3 Å². The number of rotatable bonds is 4. The summed E-state index contributed by atoms with van der Waals surface area (Å²) in [6.07, 6.45) is 0. The SMILES string of the molecule is Cc1cc(CS(=O)Cc2c(F)cccc2Cl)no1. The van der Waals surface area contributed by atoms with Crippen molar-refractivity contribution in [3.63, 3.8) is 0 Å². The maximum Gasteiger partial charge on any atom is 0.133 e. The minimum atomic E-state index is -1.28. The molecule has 1 aromatic carbocycles. The molecule has 3 nitrogen and oxygen atoms in total. The summed E-state index contributed by atoms with van der Waals surface area (Å²) in [5.41, 5.74) is 0.871. The fourth-order valence-electron chi connectivity index (χ4n) is 1.53. The molecule has 0 radical (unpaired) electrons. The number of aryl methyl sites for hydroxylation is 1. The van der Waals surface area contributed by atoms with Crippen molar-refractivity contribution in [2.75, 3.05) is 0 Å². The molecule has 0 fully saturated rings. The number of hydrogen-bond acceptors (Lipinski definition) is 3. The molecule has 18 heavy (non-hydrogen) atoms. The Morgan fingerprint density at radius 2 is 2.22 bits per heavy atom. The second kappa shape index (κ2) is 5.63. The Kier molecular flexibility index (Phi) is 4.14. The van der Waals surface area contributed by atoms with Crippen LogP contribution in [0.25, 0.3) is 0 Å². The summed E-state index contributed by atoms with van der Waals surface area (Å²) in [5, 5.41) is 4.04. The zero-order chi connectivity index (χ0) is 13.1. The molecule has 0 bridgehead atoms. The van der Waals surface area contributed by atoms with E-state index in [1.54, 1.807) is 19.1 Å². The van der Waals surface area contributed by atoms with Gasteiger partial charge in [-0.2, -0.15) is 0 Å². The molecule has 96 valence electrons. The molecule has 1 unspecified atom stereocenters. The molecule has 0 N–H and O–H groups in total. The zero-order valence-electron chi connectivity index (χ0n) is 9.65. The van der Waals surface area contributed by atoms with Gasteiger partial charge >= 0.3 is 0 Å². The second-order valence-electron chi connectivity index (χ2n) is 3.86. The highest BCUT2D eigenvalue weighted by Gasteiger charge is 2.12. The fourth-order valence-corrected chi connectivity index (χ4v) is 3.03. The maximum atomic E-state index is 13.5. The van der Waals surface area contributed by atoms with Crippen LogP contribution in [0.1, 0.15) is 17.0 Å². The highest BCUT2D eigenvalue weighted by Crippen LogP contribution is 2.21. The standard InChI is InChI=1S/C12H11ClFNO2S/c1-8-5-9(15-17-8)6-18(16)7-10-11(13)3-2-4-12(10)14/h2-5H,6-7H2,1H3. The van der Waals surface area contributed by atoms with E-state index in [1.165, 1.54) is 12.1 Å². The van der Waals surface area contributed by atoms with Crippen molar-refractivity contribution in [2.24, 2.45) is 0 Å². The van der Waals surface area contributed by atoms with Gasteiger partial charge < -0.3 is 4.52 Å². The van der Waals surface area contributed by atoms with E-state index in [2.05, 4.69) is 5.16 Å². The molecule has 2 aromatic rings. The van der Waals surface area contributed by atoms with Gasteiger partial charge in [0.1, 0.15) is 11.6 Å². The topological polar surface area (TPSA) is 43.1 Å². The van der Waals surface area contributed by atoms with Gasteiger partial charge in [-0.15, -0.1) is 0 Å². The molecule has 0 aliphatic heterocycles. The lowest BCUT2D eigenvalue weighted by Gasteiger charge is -2.04. The van der Waals surface area contributed by atoms with Gasteiger partial charge in [0.15, 0.2) is 0 Å². The van der Waals surface area contributed by atoms with Crippen molar-refractivity contribution >= 4 is 22.4 Å². The number of aromatic nitrogens is 1. The van der Waals surface area contributed by atoms with Crippen LogP contribution in [0.3, 0.4) is 0 Å². The van der Waals surface area contributed by atoms with Gasteiger partial charge in [-0.1, -0.05) is 22.8 Å². The Morgan fingerprint density at radius 3 is 2.83 bits per heavy atom. The predicted octanol–water partition coefficient (Wildman–Crippen LogP) is 3.22. The zero-order valence-corrected chi connectivity index (χ0v) is 11.2. The van der Waals surface area contributed by atoms with Crippen molar-refractivity contribution in [3.05, 3.63) is 52.1 Å². The molecule has 0 saturated heterocycles. The number of benzene rings is 1. The number of hydrogen-bond donors (Lipinski definition) is 0. The monoisotopic (exact) mass is 287 g/mol. The Balaban J connectivity index is 2.08. The molecule has 6 heteroatoms. The van der Waals surface area contributed by atoms with Gasteiger partial charge in [0.25, 0.3) is 0 Å². The molecule has 1 aromatic heterocycles. The van der Waals surface area contributed by atoms with Crippen LogP contribution in [0.4, 0.5) is 4.39 Å². The average Bonchev–Trinajstić information content (AvgIpc) is 2.69. The van der Waals surface area contributed by atoms with E-state index in [1.807, 2.05) is 0 Å². The molecule has 0 amide bonds. The molecule has 0 spiro atoms. The molecular weight excluding hydrogens is 277 g/mol. The van der Waals surface area contributed by atoms with Crippen LogP contribution < -0.4 is 0 Å². The minimum Gasteiger partial charge on any atom is -0.361 e. The van der Waals surface area contributed by atoms with Gasteiger partial charge in [0, 0.05) is 27.5 Å². The molecular formula is C12H11ClFNO2S. The summed E-state index contributed by atoms with van der Waals surface area (Å²) in [5.74, 6) is 0.512. The highest BCUT2D eigenvalue weighted by atomic mass is 35.5. The molecule has 1 heterocycles. The lowest BCUT2D eigenvalue weighted by Crippen LogP contribution is -2.02. The van der Waals surface area contributed by atoms with E-state index in [4.69, 9.17) is 16.1 Å². The van der Waals surface area contributed by atoms with Gasteiger partial charge in [0.2, 0.25) is 0 Å². The first kappa shape index (κ1) is 13.2. The Bertz CT molecular complexity index is 565.